The van der Waals surface area contributed by atoms with Crippen LogP contribution in [0.25, 0.3) is 0 Å². The van der Waals surface area contributed by atoms with Crippen LogP contribution in [-0.4, -0.2) is 39.2 Å². The molecule has 0 saturated heterocycles. The number of hydrogen-bond donors (Lipinski definition) is 4. The predicted molar refractivity (Wildman–Crippen MR) is 86.6 cm³/mol. The van der Waals surface area contributed by atoms with E-state index in [-0.39, 0.29) is 21.5 Å². The van der Waals surface area contributed by atoms with Crippen LogP contribution in [-0.2, 0) is 19.6 Å². The Morgan fingerprint density at radius 1 is 1.08 bits per heavy atom. The fourth-order valence-corrected chi connectivity index (χ4v) is 2.78. The zero-order valence-corrected chi connectivity index (χ0v) is 14.7. The Morgan fingerprint density at radius 2 is 1.71 bits per heavy atom. The van der Waals surface area contributed by atoms with Gasteiger partial charge in [-0.1, -0.05) is 11.6 Å². The maximum atomic E-state index is 12.0. The third kappa shape index (κ3) is 5.18. The van der Waals surface area contributed by atoms with Crippen molar-refractivity contribution in [1.82, 2.24) is 20.9 Å². The lowest BCUT2D eigenvalue weighted by Gasteiger charge is -2.11. The molecule has 1 aromatic carbocycles. The average molecular weight is 377 g/mol. The molecule has 1 rings (SSSR count). The average Bonchev–Trinajstić information content (AvgIpc) is 2.51. The van der Waals surface area contributed by atoms with Gasteiger partial charge in [-0.2, -0.15) is 0 Å². The molecule has 0 radical (unpaired) electrons. The Hall–Kier alpha value is -2.17. The summed E-state index contributed by atoms with van der Waals surface area (Å²) >= 11 is 5.81. The van der Waals surface area contributed by atoms with E-state index < -0.39 is 27.7 Å². The number of benzene rings is 1. The fraction of sp³-hybridized carbons (Fsp3) is 0.308. The first-order valence-electron chi connectivity index (χ1n) is 6.72. The molecule has 0 aliphatic heterocycles. The van der Waals surface area contributed by atoms with Crippen molar-refractivity contribution in [2.75, 3.05) is 7.05 Å². The van der Waals surface area contributed by atoms with Crippen LogP contribution in [0, 0.1) is 0 Å². The predicted octanol–water partition coefficient (Wildman–Crippen LogP) is -0.466. The number of hydrazine groups is 1. The number of sulfonamides is 1. The molecule has 0 heterocycles. The second kappa shape index (κ2) is 8.08. The zero-order valence-electron chi connectivity index (χ0n) is 13.1. The smallest absolute Gasteiger partial charge is 0.327 e. The molecule has 1 aromatic rings. The number of nitrogens with one attached hydrogen (secondary N) is 4. The molecule has 0 atom stereocenters. The van der Waals surface area contributed by atoms with E-state index in [1.807, 2.05) is 10.9 Å². The Balaban J connectivity index is 2.85. The van der Waals surface area contributed by atoms with Crippen molar-refractivity contribution in [3.63, 3.8) is 0 Å². The number of carbonyl (C=O) groups is 3. The van der Waals surface area contributed by atoms with Crippen LogP contribution in [0.2, 0.25) is 5.02 Å². The van der Waals surface area contributed by atoms with Gasteiger partial charge in [0.1, 0.15) is 4.90 Å². The number of hydrogen-bond acceptors (Lipinski definition) is 5. The van der Waals surface area contributed by atoms with Crippen molar-refractivity contribution in [2.45, 2.75) is 24.8 Å². The third-order valence-electron chi connectivity index (χ3n) is 2.67. The van der Waals surface area contributed by atoms with Gasteiger partial charge in [-0.15, -0.1) is 0 Å². The molecular formula is C13H17ClN4O5S. The summed E-state index contributed by atoms with van der Waals surface area (Å²) in [5.41, 5.74) is 3.86. The Bertz CT molecular complexity index is 764. The SMILES string of the molecule is CNS(=O)(=O)c1cc(C(=O)NNC(=O)C(=O)NC(C)C)ccc1Cl. The van der Waals surface area contributed by atoms with E-state index in [4.69, 9.17) is 11.6 Å². The van der Waals surface area contributed by atoms with Crippen LogP contribution in [0.15, 0.2) is 23.1 Å². The molecule has 4 N–H and O–H groups in total. The normalized spacial score (nSPS) is 11.0. The minimum Gasteiger partial charge on any atom is -0.346 e. The lowest BCUT2D eigenvalue weighted by molar-refractivity contribution is -0.139. The number of carbonyl (C=O) groups excluding carboxylic acids is 3. The first kappa shape index (κ1) is 19.9. The monoisotopic (exact) mass is 376 g/mol. The number of amides is 3. The zero-order chi connectivity index (χ0) is 18.5. The van der Waals surface area contributed by atoms with Gasteiger partial charge in [0, 0.05) is 11.6 Å². The van der Waals surface area contributed by atoms with Gasteiger partial charge in [-0.25, -0.2) is 13.1 Å². The second-order valence-corrected chi connectivity index (χ2v) is 7.15. The minimum atomic E-state index is -3.86. The fourth-order valence-electron chi connectivity index (χ4n) is 1.53. The van der Waals surface area contributed by atoms with Gasteiger partial charge < -0.3 is 5.32 Å². The second-order valence-electron chi connectivity index (χ2n) is 4.89. The summed E-state index contributed by atoms with van der Waals surface area (Å²) in [5.74, 6) is -2.79. The van der Waals surface area contributed by atoms with Gasteiger partial charge in [-0.05, 0) is 39.1 Å². The summed E-state index contributed by atoms with van der Waals surface area (Å²) in [6.07, 6.45) is 0. The first-order valence-corrected chi connectivity index (χ1v) is 8.59. The van der Waals surface area contributed by atoms with E-state index in [1.165, 1.54) is 19.2 Å². The van der Waals surface area contributed by atoms with Gasteiger partial charge >= 0.3 is 11.8 Å². The molecule has 0 unspecified atom stereocenters. The lowest BCUT2D eigenvalue weighted by Crippen LogP contribution is -2.49. The van der Waals surface area contributed by atoms with Crippen molar-refractivity contribution < 1.29 is 22.8 Å². The molecule has 0 aromatic heterocycles. The molecule has 0 fully saturated rings. The molecule has 24 heavy (non-hydrogen) atoms. The largest absolute Gasteiger partial charge is 0.346 e. The van der Waals surface area contributed by atoms with Gasteiger partial charge in [0.25, 0.3) is 5.91 Å². The van der Waals surface area contributed by atoms with Crippen LogP contribution >= 0.6 is 11.6 Å². The molecule has 0 saturated carbocycles. The van der Waals surface area contributed by atoms with Crippen LogP contribution in [0.4, 0.5) is 0 Å². The summed E-state index contributed by atoms with van der Waals surface area (Å²) in [6.45, 7) is 3.34. The van der Waals surface area contributed by atoms with E-state index in [2.05, 4.69) is 10.0 Å². The van der Waals surface area contributed by atoms with E-state index in [9.17, 15) is 22.8 Å². The van der Waals surface area contributed by atoms with Crippen molar-refractivity contribution in [3.8, 4) is 0 Å². The quantitative estimate of drug-likeness (QED) is 0.416. The molecule has 11 heteroatoms. The van der Waals surface area contributed by atoms with Crippen molar-refractivity contribution in [3.05, 3.63) is 28.8 Å². The summed E-state index contributed by atoms with van der Waals surface area (Å²) in [5, 5.41) is 2.27. The third-order valence-corrected chi connectivity index (χ3v) is 4.56. The maximum absolute atomic E-state index is 12.0. The summed E-state index contributed by atoms with van der Waals surface area (Å²) < 4.78 is 25.7. The standard InChI is InChI=1S/C13H17ClN4O5S/c1-7(2)16-12(20)13(21)18-17-11(19)8-4-5-9(14)10(6-8)24(22,23)15-3/h4-7,15H,1-3H3,(H,16,20)(H,17,19)(H,18,21). The maximum Gasteiger partial charge on any atom is 0.327 e. The number of halogens is 1. The lowest BCUT2D eigenvalue weighted by atomic mass is 10.2. The van der Waals surface area contributed by atoms with E-state index >= 15 is 0 Å². The highest BCUT2D eigenvalue weighted by Gasteiger charge is 2.20. The van der Waals surface area contributed by atoms with E-state index in [0.717, 1.165) is 6.07 Å². The molecule has 0 bridgehead atoms. The molecule has 0 aliphatic rings. The molecule has 9 nitrogen and oxygen atoms in total. The molecule has 0 aliphatic carbocycles. The van der Waals surface area contributed by atoms with E-state index in [0.29, 0.717) is 0 Å². The van der Waals surface area contributed by atoms with Crippen LogP contribution in [0.5, 0.6) is 0 Å². The van der Waals surface area contributed by atoms with Gasteiger partial charge in [0.05, 0.1) is 5.02 Å². The first-order chi connectivity index (χ1) is 11.1. The highest BCUT2D eigenvalue weighted by Crippen LogP contribution is 2.22. The topological polar surface area (TPSA) is 133 Å². The van der Waals surface area contributed by atoms with Crippen LogP contribution in [0.1, 0.15) is 24.2 Å². The highest BCUT2D eigenvalue weighted by atomic mass is 35.5. The summed E-state index contributed by atoms with van der Waals surface area (Å²) in [4.78, 5) is 34.5. The van der Waals surface area contributed by atoms with Gasteiger partial charge in [0.15, 0.2) is 0 Å². The summed E-state index contributed by atoms with van der Waals surface area (Å²) in [6, 6.07) is 3.30. The molecular weight excluding hydrogens is 360 g/mol. The van der Waals surface area contributed by atoms with Crippen LogP contribution < -0.4 is 20.9 Å². The van der Waals surface area contributed by atoms with Gasteiger partial charge in [-0.3, -0.25) is 25.2 Å². The Kier molecular flexibility index (Phi) is 6.70. The van der Waals surface area contributed by atoms with Crippen molar-refractivity contribution in [2.24, 2.45) is 0 Å². The number of rotatable bonds is 4. The highest BCUT2D eigenvalue weighted by molar-refractivity contribution is 7.89. The van der Waals surface area contributed by atoms with Crippen LogP contribution in [0.3, 0.4) is 0 Å². The van der Waals surface area contributed by atoms with Crippen molar-refractivity contribution in [1.29, 1.82) is 0 Å². The molecule has 132 valence electrons. The van der Waals surface area contributed by atoms with Gasteiger partial charge in [0.2, 0.25) is 10.0 Å². The summed E-state index contributed by atoms with van der Waals surface area (Å²) in [7, 11) is -2.66. The molecule has 0 spiro atoms. The van der Waals surface area contributed by atoms with E-state index in [1.54, 1.807) is 13.8 Å². The minimum absolute atomic E-state index is 0.0683. The Morgan fingerprint density at radius 3 is 2.25 bits per heavy atom. The van der Waals surface area contributed by atoms with Crippen molar-refractivity contribution >= 4 is 39.3 Å². The Labute approximate surface area is 144 Å². The molecule has 3 amide bonds.